The Labute approximate surface area is 106 Å². The summed E-state index contributed by atoms with van der Waals surface area (Å²) in [4.78, 5) is 18.7. The van der Waals surface area contributed by atoms with Crippen LogP contribution in [0.3, 0.4) is 0 Å². The molecule has 1 aromatic heterocycles. The Kier molecular flexibility index (Phi) is 5.08. The molecule has 1 heterocycles. The number of carbonyl (C=O) groups is 1. The lowest BCUT2D eigenvalue weighted by atomic mass is 10.2. The highest BCUT2D eigenvalue weighted by molar-refractivity contribution is 7.13. The normalized spacial score (nSPS) is 12.8. The Balaban J connectivity index is 2.83. The number of aliphatic hydroxyl groups is 1. The number of thiazole rings is 1. The molecular weight excluding hydrogens is 236 g/mol. The van der Waals surface area contributed by atoms with E-state index in [1.807, 2.05) is 20.8 Å². The molecule has 0 aromatic carbocycles. The largest absolute Gasteiger partial charge is 0.392 e. The maximum Gasteiger partial charge on any atom is 0.265 e. The van der Waals surface area contributed by atoms with Crippen LogP contribution in [0.4, 0.5) is 0 Å². The van der Waals surface area contributed by atoms with Crippen molar-refractivity contribution in [2.24, 2.45) is 0 Å². The molecule has 1 atom stereocenters. The molecule has 1 amide bonds. The van der Waals surface area contributed by atoms with E-state index in [2.05, 4.69) is 4.98 Å². The predicted molar refractivity (Wildman–Crippen MR) is 69.3 cm³/mol. The second-order valence-electron chi connectivity index (χ2n) is 4.37. The van der Waals surface area contributed by atoms with Gasteiger partial charge in [-0.1, -0.05) is 6.92 Å². The summed E-state index contributed by atoms with van der Waals surface area (Å²) in [5, 5.41) is 10.4. The lowest BCUT2D eigenvalue weighted by Crippen LogP contribution is -2.41. The Bertz CT molecular complexity index is 374. The quantitative estimate of drug-likeness (QED) is 0.876. The van der Waals surface area contributed by atoms with Crippen molar-refractivity contribution in [3.63, 3.8) is 0 Å². The Morgan fingerprint density at radius 3 is 2.59 bits per heavy atom. The van der Waals surface area contributed by atoms with E-state index in [9.17, 15) is 9.90 Å². The molecule has 0 bridgehead atoms. The molecule has 1 aromatic rings. The first kappa shape index (κ1) is 14.1. The fraction of sp³-hybridized carbons (Fsp3) is 0.667. The van der Waals surface area contributed by atoms with Crippen molar-refractivity contribution in [2.75, 3.05) is 6.54 Å². The van der Waals surface area contributed by atoms with Crippen LogP contribution in [0.2, 0.25) is 0 Å². The van der Waals surface area contributed by atoms with Crippen molar-refractivity contribution in [3.8, 4) is 0 Å². The molecule has 0 saturated heterocycles. The maximum absolute atomic E-state index is 12.2. The van der Waals surface area contributed by atoms with Crippen LogP contribution in [-0.4, -0.2) is 39.6 Å². The smallest absolute Gasteiger partial charge is 0.265 e. The van der Waals surface area contributed by atoms with Gasteiger partial charge in [-0.3, -0.25) is 4.79 Å². The zero-order chi connectivity index (χ0) is 13.0. The monoisotopic (exact) mass is 256 g/mol. The minimum Gasteiger partial charge on any atom is -0.392 e. The third-order valence-electron chi connectivity index (χ3n) is 2.41. The number of nitrogens with zero attached hydrogens (tertiary/aromatic N) is 2. The molecule has 0 fully saturated rings. The fourth-order valence-corrected chi connectivity index (χ4v) is 2.34. The molecule has 0 spiro atoms. The summed E-state index contributed by atoms with van der Waals surface area (Å²) in [7, 11) is 0. The SMILES string of the molecule is CCc1ncc(C(=O)N(CC(C)O)C(C)C)s1. The molecule has 17 heavy (non-hydrogen) atoms. The summed E-state index contributed by atoms with van der Waals surface area (Å²) < 4.78 is 0. The van der Waals surface area contributed by atoms with Crippen molar-refractivity contribution >= 4 is 17.2 Å². The number of carbonyl (C=O) groups excluding carboxylic acids is 1. The Morgan fingerprint density at radius 2 is 2.18 bits per heavy atom. The Morgan fingerprint density at radius 1 is 1.53 bits per heavy atom. The van der Waals surface area contributed by atoms with E-state index in [1.54, 1.807) is 18.0 Å². The summed E-state index contributed by atoms with van der Waals surface area (Å²) in [5.41, 5.74) is 0. The molecule has 0 saturated carbocycles. The van der Waals surface area contributed by atoms with Gasteiger partial charge in [-0.05, 0) is 27.2 Å². The van der Waals surface area contributed by atoms with Gasteiger partial charge in [0.1, 0.15) is 4.88 Å². The van der Waals surface area contributed by atoms with Gasteiger partial charge >= 0.3 is 0 Å². The van der Waals surface area contributed by atoms with Gasteiger partial charge in [0.05, 0.1) is 17.3 Å². The summed E-state index contributed by atoms with van der Waals surface area (Å²) in [6, 6.07) is 0.0734. The highest BCUT2D eigenvalue weighted by Gasteiger charge is 2.21. The molecule has 4 nitrogen and oxygen atoms in total. The average Bonchev–Trinajstić information content (AvgIpc) is 2.72. The first-order valence-corrected chi connectivity index (χ1v) is 6.71. The van der Waals surface area contributed by atoms with Gasteiger partial charge in [-0.25, -0.2) is 4.98 Å². The first-order valence-electron chi connectivity index (χ1n) is 5.89. The summed E-state index contributed by atoms with van der Waals surface area (Å²) in [5.74, 6) is -0.0434. The molecule has 0 aliphatic rings. The van der Waals surface area contributed by atoms with Crippen LogP contribution in [0, 0.1) is 0 Å². The van der Waals surface area contributed by atoms with Crippen LogP contribution in [-0.2, 0) is 6.42 Å². The number of amides is 1. The third-order valence-corrected chi connectivity index (χ3v) is 3.54. The minimum atomic E-state index is -0.514. The number of rotatable bonds is 5. The van der Waals surface area contributed by atoms with Crippen molar-refractivity contribution in [3.05, 3.63) is 16.1 Å². The van der Waals surface area contributed by atoms with Crippen molar-refractivity contribution in [1.82, 2.24) is 9.88 Å². The highest BCUT2D eigenvalue weighted by Crippen LogP contribution is 2.17. The number of hydrogen-bond donors (Lipinski definition) is 1. The molecular formula is C12H20N2O2S. The molecule has 0 aliphatic heterocycles. The molecule has 5 heteroatoms. The van der Waals surface area contributed by atoms with Crippen LogP contribution in [0.25, 0.3) is 0 Å². The van der Waals surface area contributed by atoms with E-state index < -0.39 is 6.10 Å². The number of hydrogen-bond acceptors (Lipinski definition) is 4. The predicted octanol–water partition coefficient (Wildman–Crippen LogP) is 1.94. The zero-order valence-electron chi connectivity index (χ0n) is 10.8. The van der Waals surface area contributed by atoms with Crippen LogP contribution >= 0.6 is 11.3 Å². The van der Waals surface area contributed by atoms with Crippen LogP contribution in [0.15, 0.2) is 6.20 Å². The van der Waals surface area contributed by atoms with E-state index in [0.29, 0.717) is 11.4 Å². The molecule has 0 radical (unpaired) electrons. The first-order chi connectivity index (χ1) is 7.95. The fourth-order valence-electron chi connectivity index (χ4n) is 1.53. The van der Waals surface area contributed by atoms with Crippen molar-refractivity contribution in [2.45, 2.75) is 46.3 Å². The second kappa shape index (κ2) is 6.12. The van der Waals surface area contributed by atoms with E-state index in [0.717, 1.165) is 11.4 Å². The van der Waals surface area contributed by atoms with Crippen molar-refractivity contribution < 1.29 is 9.90 Å². The number of aromatic nitrogens is 1. The van der Waals surface area contributed by atoms with Gasteiger partial charge in [-0.2, -0.15) is 0 Å². The molecule has 0 aliphatic carbocycles. The zero-order valence-corrected chi connectivity index (χ0v) is 11.6. The molecule has 1 unspecified atom stereocenters. The summed E-state index contributed by atoms with van der Waals surface area (Å²) in [6.07, 6.45) is 1.96. The van der Waals surface area contributed by atoms with Gasteiger partial charge in [0, 0.05) is 12.6 Å². The van der Waals surface area contributed by atoms with Gasteiger partial charge in [-0.15, -0.1) is 11.3 Å². The van der Waals surface area contributed by atoms with Gasteiger partial charge in [0.25, 0.3) is 5.91 Å². The molecule has 1 N–H and O–H groups in total. The second-order valence-corrected chi connectivity index (χ2v) is 5.49. The summed E-state index contributed by atoms with van der Waals surface area (Å²) in [6.45, 7) is 7.95. The van der Waals surface area contributed by atoms with Gasteiger partial charge in [0.15, 0.2) is 0 Å². The molecule has 96 valence electrons. The van der Waals surface area contributed by atoms with Crippen molar-refractivity contribution in [1.29, 1.82) is 0 Å². The van der Waals surface area contributed by atoms with Crippen LogP contribution < -0.4 is 0 Å². The third kappa shape index (κ3) is 3.78. The van der Waals surface area contributed by atoms with E-state index in [4.69, 9.17) is 0 Å². The lowest BCUT2D eigenvalue weighted by molar-refractivity contribution is 0.0583. The van der Waals surface area contributed by atoms with E-state index >= 15 is 0 Å². The lowest BCUT2D eigenvalue weighted by Gasteiger charge is -2.27. The highest BCUT2D eigenvalue weighted by atomic mass is 32.1. The molecule has 1 rings (SSSR count). The Hall–Kier alpha value is -0.940. The van der Waals surface area contributed by atoms with Crippen LogP contribution in [0.1, 0.15) is 42.4 Å². The van der Waals surface area contributed by atoms with Crippen LogP contribution in [0.5, 0.6) is 0 Å². The average molecular weight is 256 g/mol. The van der Waals surface area contributed by atoms with E-state index in [-0.39, 0.29) is 11.9 Å². The van der Waals surface area contributed by atoms with Gasteiger partial charge in [0.2, 0.25) is 0 Å². The van der Waals surface area contributed by atoms with E-state index in [1.165, 1.54) is 11.3 Å². The standard InChI is InChI=1S/C12H20N2O2S/c1-5-11-13-6-10(17-11)12(16)14(8(2)3)7-9(4)15/h6,8-9,15H,5,7H2,1-4H3. The number of aliphatic hydroxyl groups excluding tert-OH is 1. The minimum absolute atomic E-state index is 0.0434. The number of aryl methyl sites for hydroxylation is 1. The topological polar surface area (TPSA) is 53.4 Å². The summed E-state index contributed by atoms with van der Waals surface area (Å²) >= 11 is 1.43. The van der Waals surface area contributed by atoms with Gasteiger partial charge < -0.3 is 10.0 Å². The maximum atomic E-state index is 12.2.